The number of hydrogen-bond acceptors (Lipinski definition) is 2. The third kappa shape index (κ3) is 5.45. The number of nitrogens with two attached hydrogens (primary N) is 1. The number of hydrogen-bond donors (Lipinski definition) is 1. The van der Waals surface area contributed by atoms with Crippen molar-refractivity contribution in [2.24, 2.45) is 0 Å². The molecule has 0 saturated carbocycles. The first-order chi connectivity index (χ1) is 23.2. The smallest absolute Gasteiger partial charge is 0.0541 e. The standard InChI is InChI=1S/C44H33N3/c45-35-25-21-33(22-26-35)42(31-32-19-27-38(28-20-32)46(36-11-3-1-4-12-36)37-13-5-2-6-14-37)34-23-29-39(30-24-34)47-43-17-9-7-15-40(43)41-16-8-10-18-44(41)47/h1-31H,45H2. The number of aromatic nitrogens is 1. The van der Waals surface area contributed by atoms with Crippen LogP contribution >= 0.6 is 0 Å². The van der Waals surface area contributed by atoms with Gasteiger partial charge in [-0.05, 0) is 101 Å². The second-order valence-corrected chi connectivity index (χ2v) is 11.7. The van der Waals surface area contributed by atoms with E-state index in [9.17, 15) is 0 Å². The van der Waals surface area contributed by atoms with Gasteiger partial charge in [0.05, 0.1) is 11.0 Å². The van der Waals surface area contributed by atoms with Crippen LogP contribution in [0.4, 0.5) is 22.7 Å². The maximum absolute atomic E-state index is 6.10. The Morgan fingerprint density at radius 1 is 0.447 bits per heavy atom. The fourth-order valence-electron chi connectivity index (χ4n) is 6.47. The molecule has 2 N–H and O–H groups in total. The van der Waals surface area contributed by atoms with Gasteiger partial charge in [0, 0.05) is 39.2 Å². The zero-order valence-corrected chi connectivity index (χ0v) is 25.9. The summed E-state index contributed by atoms with van der Waals surface area (Å²) in [5.74, 6) is 0. The van der Waals surface area contributed by atoms with Crippen LogP contribution in [0.25, 0.3) is 39.1 Å². The lowest BCUT2D eigenvalue weighted by Crippen LogP contribution is -2.09. The lowest BCUT2D eigenvalue weighted by molar-refractivity contribution is 1.18. The second kappa shape index (κ2) is 12.2. The van der Waals surface area contributed by atoms with Crippen LogP contribution in [-0.4, -0.2) is 4.57 Å². The minimum Gasteiger partial charge on any atom is -0.399 e. The van der Waals surface area contributed by atoms with Gasteiger partial charge in [0.2, 0.25) is 0 Å². The fourth-order valence-corrected chi connectivity index (χ4v) is 6.47. The van der Waals surface area contributed by atoms with Crippen LogP contribution in [0.15, 0.2) is 182 Å². The molecule has 224 valence electrons. The quantitative estimate of drug-likeness (QED) is 0.145. The van der Waals surface area contributed by atoms with Crippen molar-refractivity contribution in [3.8, 4) is 5.69 Å². The van der Waals surface area contributed by atoms with E-state index in [1.54, 1.807) is 0 Å². The van der Waals surface area contributed by atoms with Crippen LogP contribution < -0.4 is 10.6 Å². The molecule has 0 spiro atoms. The number of anilines is 4. The van der Waals surface area contributed by atoms with Crippen molar-refractivity contribution in [3.63, 3.8) is 0 Å². The number of rotatable bonds is 7. The Labute approximate surface area is 275 Å². The topological polar surface area (TPSA) is 34.2 Å². The van der Waals surface area contributed by atoms with Crippen molar-refractivity contribution in [2.75, 3.05) is 10.6 Å². The minimum absolute atomic E-state index is 0.751. The van der Waals surface area contributed by atoms with E-state index in [0.717, 1.165) is 50.7 Å². The second-order valence-electron chi connectivity index (χ2n) is 11.7. The Hall–Kier alpha value is -6.32. The zero-order chi connectivity index (χ0) is 31.6. The van der Waals surface area contributed by atoms with Crippen LogP contribution in [-0.2, 0) is 0 Å². The van der Waals surface area contributed by atoms with Crippen molar-refractivity contribution in [2.45, 2.75) is 0 Å². The third-order valence-corrected chi connectivity index (χ3v) is 8.73. The normalized spacial score (nSPS) is 11.6. The van der Waals surface area contributed by atoms with Gasteiger partial charge in [-0.2, -0.15) is 0 Å². The van der Waals surface area contributed by atoms with Crippen LogP contribution in [0.2, 0.25) is 0 Å². The molecule has 7 aromatic carbocycles. The van der Waals surface area contributed by atoms with E-state index < -0.39 is 0 Å². The first kappa shape index (κ1) is 28.2. The highest BCUT2D eigenvalue weighted by molar-refractivity contribution is 6.09. The maximum Gasteiger partial charge on any atom is 0.0541 e. The molecule has 0 fully saturated rings. The van der Waals surface area contributed by atoms with Gasteiger partial charge in [0.1, 0.15) is 0 Å². The van der Waals surface area contributed by atoms with Gasteiger partial charge in [0.25, 0.3) is 0 Å². The largest absolute Gasteiger partial charge is 0.399 e. The first-order valence-electron chi connectivity index (χ1n) is 15.9. The fraction of sp³-hybridized carbons (Fsp3) is 0. The van der Waals surface area contributed by atoms with E-state index in [-0.39, 0.29) is 0 Å². The summed E-state index contributed by atoms with van der Waals surface area (Å²) < 4.78 is 2.35. The Morgan fingerprint density at radius 3 is 1.43 bits per heavy atom. The molecule has 0 saturated heterocycles. The summed E-state index contributed by atoms with van der Waals surface area (Å²) in [5, 5.41) is 2.52. The SMILES string of the molecule is Nc1ccc(C(=Cc2ccc(N(c3ccccc3)c3ccccc3)cc2)c2ccc(-n3c4ccccc4c4ccccc43)cc2)cc1. The van der Waals surface area contributed by atoms with Crippen LogP contribution in [0.3, 0.4) is 0 Å². The first-order valence-corrected chi connectivity index (χ1v) is 15.9. The maximum atomic E-state index is 6.10. The molecule has 1 aromatic heterocycles. The summed E-state index contributed by atoms with van der Waals surface area (Å²) in [6.45, 7) is 0. The summed E-state index contributed by atoms with van der Waals surface area (Å²) in [7, 11) is 0. The van der Waals surface area contributed by atoms with Gasteiger partial charge in [-0.25, -0.2) is 0 Å². The monoisotopic (exact) mass is 603 g/mol. The summed E-state index contributed by atoms with van der Waals surface area (Å²) >= 11 is 0. The van der Waals surface area contributed by atoms with E-state index >= 15 is 0 Å². The Kier molecular flexibility index (Phi) is 7.33. The molecule has 8 rings (SSSR count). The molecule has 1 heterocycles. The Balaban J connectivity index is 1.19. The van der Waals surface area contributed by atoms with Crippen molar-refractivity contribution in [1.29, 1.82) is 0 Å². The number of benzene rings is 7. The lowest BCUT2D eigenvalue weighted by atomic mass is 9.95. The molecule has 0 bridgehead atoms. The summed E-state index contributed by atoms with van der Waals surface area (Å²) in [4.78, 5) is 2.28. The van der Waals surface area contributed by atoms with Crippen LogP contribution in [0, 0.1) is 0 Å². The molecule has 0 amide bonds. The average Bonchev–Trinajstić information content (AvgIpc) is 3.47. The van der Waals surface area contributed by atoms with Crippen molar-refractivity contribution in [1.82, 2.24) is 4.57 Å². The van der Waals surface area contributed by atoms with Gasteiger partial charge in [-0.3, -0.25) is 0 Å². The highest BCUT2D eigenvalue weighted by Gasteiger charge is 2.14. The van der Waals surface area contributed by atoms with Gasteiger partial charge in [0.15, 0.2) is 0 Å². The van der Waals surface area contributed by atoms with Crippen molar-refractivity contribution < 1.29 is 0 Å². The van der Waals surface area contributed by atoms with Gasteiger partial charge in [-0.1, -0.05) is 109 Å². The van der Waals surface area contributed by atoms with E-state index in [1.165, 1.54) is 21.8 Å². The highest BCUT2D eigenvalue weighted by atomic mass is 15.1. The Bertz CT molecular complexity index is 2220. The van der Waals surface area contributed by atoms with Gasteiger partial charge < -0.3 is 15.2 Å². The predicted octanol–water partition coefficient (Wildman–Crippen LogP) is 11.4. The number of nitrogen functional groups attached to an aromatic ring is 1. The third-order valence-electron chi connectivity index (χ3n) is 8.73. The van der Waals surface area contributed by atoms with Crippen molar-refractivity contribution >= 4 is 56.2 Å². The van der Waals surface area contributed by atoms with E-state index in [2.05, 4.69) is 185 Å². The average molecular weight is 604 g/mol. The number of para-hydroxylation sites is 4. The zero-order valence-electron chi connectivity index (χ0n) is 25.9. The van der Waals surface area contributed by atoms with Crippen LogP contribution in [0.1, 0.15) is 16.7 Å². The molecule has 0 atom stereocenters. The highest BCUT2D eigenvalue weighted by Crippen LogP contribution is 2.36. The summed E-state index contributed by atoms with van der Waals surface area (Å²) in [5.41, 5.74) is 18.2. The molecule has 3 heteroatoms. The van der Waals surface area contributed by atoms with Gasteiger partial charge in [-0.15, -0.1) is 0 Å². The number of nitrogens with zero attached hydrogens (tertiary/aromatic N) is 2. The molecule has 0 unspecified atom stereocenters. The molecule has 0 aliphatic heterocycles. The van der Waals surface area contributed by atoms with E-state index in [0.29, 0.717) is 0 Å². The lowest BCUT2D eigenvalue weighted by Gasteiger charge is -2.25. The molecule has 8 aromatic rings. The minimum atomic E-state index is 0.751. The van der Waals surface area contributed by atoms with Crippen molar-refractivity contribution in [3.05, 3.63) is 199 Å². The van der Waals surface area contributed by atoms with Gasteiger partial charge >= 0.3 is 0 Å². The molecule has 0 aliphatic rings. The summed E-state index contributed by atoms with van der Waals surface area (Å²) in [6, 6.07) is 64.0. The van der Waals surface area contributed by atoms with Crippen LogP contribution in [0.5, 0.6) is 0 Å². The summed E-state index contributed by atoms with van der Waals surface area (Å²) in [6.07, 6.45) is 2.26. The molecule has 3 nitrogen and oxygen atoms in total. The molecule has 0 radical (unpaired) electrons. The molecular weight excluding hydrogens is 571 g/mol. The predicted molar refractivity (Wildman–Crippen MR) is 200 cm³/mol. The number of fused-ring (bicyclic) bond motifs is 3. The molecular formula is C44H33N3. The van der Waals surface area contributed by atoms with E-state index in [4.69, 9.17) is 5.73 Å². The molecule has 0 aliphatic carbocycles. The Morgan fingerprint density at radius 2 is 0.894 bits per heavy atom. The van der Waals surface area contributed by atoms with E-state index in [1.807, 2.05) is 12.1 Å². The molecule has 47 heavy (non-hydrogen) atoms.